The minimum atomic E-state index is 0.501. The van der Waals surface area contributed by atoms with Crippen LogP contribution in [-0.4, -0.2) is 12.1 Å². The molecule has 1 heterocycles. The van der Waals surface area contributed by atoms with E-state index in [9.17, 15) is 0 Å². The van der Waals surface area contributed by atoms with Crippen molar-refractivity contribution < 1.29 is 4.74 Å². The van der Waals surface area contributed by atoms with E-state index in [0.717, 1.165) is 16.5 Å². The summed E-state index contributed by atoms with van der Waals surface area (Å²) < 4.78 is 5.10. The van der Waals surface area contributed by atoms with Gasteiger partial charge in [0.15, 0.2) is 0 Å². The van der Waals surface area contributed by atoms with E-state index >= 15 is 0 Å². The number of halogens is 1. The fourth-order valence-corrected chi connectivity index (χ4v) is 1.39. The number of methoxy groups -OCH3 is 1. The third kappa shape index (κ3) is 1.58. The van der Waals surface area contributed by atoms with Crippen LogP contribution in [0.25, 0.3) is 10.8 Å². The molecule has 1 aromatic heterocycles. The molecule has 2 aromatic rings. The molecular weight excluding hydrogens is 186 g/mol. The van der Waals surface area contributed by atoms with Crippen molar-refractivity contribution in [2.75, 3.05) is 7.11 Å². The molecule has 0 bridgehead atoms. The van der Waals surface area contributed by atoms with Crippen LogP contribution in [0.3, 0.4) is 0 Å². The molecule has 0 aliphatic heterocycles. The predicted octanol–water partition coefficient (Wildman–Crippen LogP) is 2.90. The zero-order valence-corrected chi connectivity index (χ0v) is 7.88. The molecule has 2 rings (SSSR count). The molecule has 0 unspecified atom stereocenters. The summed E-state index contributed by atoms with van der Waals surface area (Å²) in [6.45, 7) is 0. The largest absolute Gasteiger partial charge is 0.497 e. The maximum Gasteiger partial charge on any atom is 0.129 e. The van der Waals surface area contributed by atoms with Gasteiger partial charge in [0.2, 0.25) is 0 Å². The van der Waals surface area contributed by atoms with Gasteiger partial charge < -0.3 is 4.74 Å². The van der Waals surface area contributed by atoms with Gasteiger partial charge in [-0.15, -0.1) is 0 Å². The van der Waals surface area contributed by atoms with Crippen LogP contribution in [0.15, 0.2) is 30.5 Å². The summed E-state index contributed by atoms with van der Waals surface area (Å²) in [4.78, 5) is 3.99. The second kappa shape index (κ2) is 3.23. The molecule has 0 spiro atoms. The van der Waals surface area contributed by atoms with E-state index in [4.69, 9.17) is 16.3 Å². The number of hydrogen-bond donors (Lipinski definition) is 0. The quantitative estimate of drug-likeness (QED) is 0.650. The number of pyridine rings is 1. The lowest BCUT2D eigenvalue weighted by Gasteiger charge is -2.01. The molecule has 0 N–H and O–H groups in total. The summed E-state index contributed by atoms with van der Waals surface area (Å²) in [5.74, 6) is 0.828. The Morgan fingerprint density at radius 1 is 1.23 bits per heavy atom. The average molecular weight is 194 g/mol. The molecule has 0 atom stereocenters. The van der Waals surface area contributed by atoms with Crippen molar-refractivity contribution in [2.45, 2.75) is 0 Å². The lowest BCUT2D eigenvalue weighted by Crippen LogP contribution is -1.83. The average Bonchev–Trinajstić information content (AvgIpc) is 2.16. The molecule has 0 saturated heterocycles. The molecule has 13 heavy (non-hydrogen) atoms. The van der Waals surface area contributed by atoms with E-state index < -0.39 is 0 Å². The van der Waals surface area contributed by atoms with E-state index in [1.165, 1.54) is 0 Å². The van der Waals surface area contributed by atoms with Gasteiger partial charge in [-0.05, 0) is 29.7 Å². The van der Waals surface area contributed by atoms with Crippen molar-refractivity contribution in [1.82, 2.24) is 4.98 Å². The standard InChI is InChI=1S/C10H8ClNO/c1-13-9-3-2-7-6-12-10(11)5-8(7)4-9/h2-6H,1H3. The third-order valence-corrected chi connectivity index (χ3v) is 2.10. The van der Waals surface area contributed by atoms with Gasteiger partial charge in [0.25, 0.3) is 0 Å². The summed E-state index contributed by atoms with van der Waals surface area (Å²) >= 11 is 5.76. The van der Waals surface area contributed by atoms with Crippen LogP contribution in [0.4, 0.5) is 0 Å². The van der Waals surface area contributed by atoms with Crippen molar-refractivity contribution in [1.29, 1.82) is 0 Å². The van der Waals surface area contributed by atoms with E-state index in [1.807, 2.05) is 24.3 Å². The molecule has 0 radical (unpaired) electrons. The van der Waals surface area contributed by atoms with Crippen molar-refractivity contribution in [2.24, 2.45) is 0 Å². The monoisotopic (exact) mass is 193 g/mol. The Morgan fingerprint density at radius 2 is 2.08 bits per heavy atom. The zero-order chi connectivity index (χ0) is 9.26. The topological polar surface area (TPSA) is 22.1 Å². The first-order valence-corrected chi connectivity index (χ1v) is 4.27. The highest BCUT2D eigenvalue weighted by atomic mass is 35.5. The number of nitrogens with zero attached hydrogens (tertiary/aromatic N) is 1. The third-order valence-electron chi connectivity index (χ3n) is 1.90. The normalized spacial score (nSPS) is 10.3. The van der Waals surface area contributed by atoms with Gasteiger partial charge in [0.1, 0.15) is 10.9 Å². The Kier molecular flexibility index (Phi) is 2.07. The van der Waals surface area contributed by atoms with Crippen LogP contribution in [0, 0.1) is 0 Å². The van der Waals surface area contributed by atoms with E-state index in [-0.39, 0.29) is 0 Å². The van der Waals surface area contributed by atoms with E-state index in [2.05, 4.69) is 4.98 Å². The van der Waals surface area contributed by atoms with Crippen LogP contribution in [0.1, 0.15) is 0 Å². The number of hydrogen-bond acceptors (Lipinski definition) is 2. The molecule has 0 saturated carbocycles. The molecule has 1 aromatic carbocycles. The fraction of sp³-hybridized carbons (Fsp3) is 0.100. The molecule has 0 amide bonds. The van der Waals surface area contributed by atoms with Crippen LogP contribution in [-0.2, 0) is 0 Å². The summed E-state index contributed by atoms with van der Waals surface area (Å²) in [6, 6.07) is 7.61. The molecule has 2 nitrogen and oxygen atoms in total. The zero-order valence-electron chi connectivity index (χ0n) is 7.12. The maximum atomic E-state index is 5.76. The summed E-state index contributed by atoms with van der Waals surface area (Å²) in [7, 11) is 1.64. The highest BCUT2D eigenvalue weighted by Gasteiger charge is 1.97. The Bertz CT molecular complexity index is 442. The first kappa shape index (κ1) is 8.32. The number of benzene rings is 1. The highest BCUT2D eigenvalue weighted by Crippen LogP contribution is 2.21. The molecule has 0 aliphatic rings. The first-order valence-electron chi connectivity index (χ1n) is 3.89. The number of aromatic nitrogens is 1. The smallest absolute Gasteiger partial charge is 0.129 e. The fourth-order valence-electron chi connectivity index (χ4n) is 1.22. The van der Waals surface area contributed by atoms with Gasteiger partial charge in [-0.3, -0.25) is 0 Å². The maximum absolute atomic E-state index is 5.76. The first-order chi connectivity index (χ1) is 6.29. The van der Waals surface area contributed by atoms with Gasteiger partial charge in [0, 0.05) is 11.6 Å². The van der Waals surface area contributed by atoms with Crippen molar-refractivity contribution >= 4 is 22.4 Å². The number of fused-ring (bicyclic) bond motifs is 1. The molecule has 66 valence electrons. The van der Waals surface area contributed by atoms with Gasteiger partial charge in [-0.2, -0.15) is 0 Å². The lowest BCUT2D eigenvalue weighted by molar-refractivity contribution is 0.415. The molecular formula is C10H8ClNO. The molecule has 3 heteroatoms. The van der Waals surface area contributed by atoms with Crippen molar-refractivity contribution in [3.05, 3.63) is 35.6 Å². The van der Waals surface area contributed by atoms with Crippen LogP contribution >= 0.6 is 11.6 Å². The summed E-state index contributed by atoms with van der Waals surface area (Å²) in [5, 5.41) is 2.60. The number of ether oxygens (including phenoxy) is 1. The van der Waals surface area contributed by atoms with Crippen molar-refractivity contribution in [3.63, 3.8) is 0 Å². The van der Waals surface area contributed by atoms with Gasteiger partial charge in [0.05, 0.1) is 7.11 Å². The Morgan fingerprint density at radius 3 is 2.85 bits per heavy atom. The van der Waals surface area contributed by atoms with Gasteiger partial charge >= 0.3 is 0 Å². The van der Waals surface area contributed by atoms with Crippen molar-refractivity contribution in [3.8, 4) is 5.75 Å². The SMILES string of the molecule is COc1ccc2cnc(Cl)cc2c1. The highest BCUT2D eigenvalue weighted by molar-refractivity contribution is 6.30. The predicted molar refractivity (Wildman–Crippen MR) is 53.3 cm³/mol. The van der Waals surface area contributed by atoms with Crippen LogP contribution in [0.2, 0.25) is 5.15 Å². The minimum absolute atomic E-state index is 0.501. The van der Waals surface area contributed by atoms with E-state index in [0.29, 0.717) is 5.15 Å². The second-order valence-corrected chi connectivity index (χ2v) is 3.11. The summed E-state index contributed by atoms with van der Waals surface area (Å²) in [6.07, 6.45) is 1.75. The minimum Gasteiger partial charge on any atom is -0.497 e. The Balaban J connectivity index is 2.68. The Labute approximate surface area is 81.1 Å². The Hall–Kier alpha value is -1.28. The molecule has 0 aliphatic carbocycles. The lowest BCUT2D eigenvalue weighted by atomic mass is 10.2. The van der Waals surface area contributed by atoms with Crippen LogP contribution < -0.4 is 4.74 Å². The van der Waals surface area contributed by atoms with Gasteiger partial charge in [-0.1, -0.05) is 11.6 Å². The molecule has 0 fully saturated rings. The second-order valence-electron chi connectivity index (χ2n) is 2.72. The number of rotatable bonds is 1. The van der Waals surface area contributed by atoms with Gasteiger partial charge in [-0.25, -0.2) is 4.98 Å². The van der Waals surface area contributed by atoms with Crippen LogP contribution in [0.5, 0.6) is 5.75 Å². The summed E-state index contributed by atoms with van der Waals surface area (Å²) in [5.41, 5.74) is 0. The van der Waals surface area contributed by atoms with E-state index in [1.54, 1.807) is 13.3 Å².